The van der Waals surface area contributed by atoms with Crippen LogP contribution in [0.15, 0.2) is 47.8 Å². The number of carbonyl (C=O) groups is 1. The third-order valence-corrected chi connectivity index (χ3v) is 6.43. The van der Waals surface area contributed by atoms with Crippen LogP contribution in [0.2, 0.25) is 5.02 Å². The lowest BCUT2D eigenvalue weighted by Crippen LogP contribution is -2.48. The van der Waals surface area contributed by atoms with E-state index in [0.717, 1.165) is 40.9 Å². The van der Waals surface area contributed by atoms with Crippen LogP contribution >= 0.6 is 22.9 Å². The zero-order chi connectivity index (χ0) is 21.8. The van der Waals surface area contributed by atoms with Crippen molar-refractivity contribution in [3.05, 3.63) is 63.4 Å². The summed E-state index contributed by atoms with van der Waals surface area (Å²) >= 11 is 7.63. The van der Waals surface area contributed by atoms with Crippen molar-refractivity contribution in [1.82, 2.24) is 14.8 Å². The zero-order valence-electron chi connectivity index (χ0n) is 17.5. The average molecular weight is 458 g/mol. The van der Waals surface area contributed by atoms with E-state index >= 15 is 0 Å². The van der Waals surface area contributed by atoms with E-state index in [1.54, 1.807) is 37.7 Å². The Hall–Kier alpha value is -2.61. The molecule has 0 radical (unpaired) electrons. The van der Waals surface area contributed by atoms with Crippen molar-refractivity contribution in [2.24, 2.45) is 0 Å². The molecule has 0 aliphatic carbocycles. The average Bonchev–Trinajstić information content (AvgIpc) is 3.27. The molecule has 31 heavy (non-hydrogen) atoms. The van der Waals surface area contributed by atoms with Crippen molar-refractivity contribution in [1.29, 1.82) is 0 Å². The molecule has 0 unspecified atom stereocenters. The van der Waals surface area contributed by atoms with Crippen LogP contribution in [0.25, 0.3) is 11.3 Å². The Kier molecular flexibility index (Phi) is 6.75. The van der Waals surface area contributed by atoms with E-state index in [1.807, 2.05) is 35.2 Å². The highest BCUT2D eigenvalue weighted by Crippen LogP contribution is 2.32. The van der Waals surface area contributed by atoms with Crippen LogP contribution in [0.3, 0.4) is 0 Å². The molecule has 162 valence electrons. The van der Waals surface area contributed by atoms with Gasteiger partial charge in [-0.25, -0.2) is 4.98 Å². The minimum absolute atomic E-state index is 0.0327. The van der Waals surface area contributed by atoms with Crippen LogP contribution in [0.5, 0.6) is 11.5 Å². The highest BCUT2D eigenvalue weighted by atomic mass is 35.5. The van der Waals surface area contributed by atoms with E-state index < -0.39 is 0 Å². The molecule has 0 atom stereocenters. The summed E-state index contributed by atoms with van der Waals surface area (Å²) < 4.78 is 10.7. The number of amides is 1. The van der Waals surface area contributed by atoms with Crippen molar-refractivity contribution < 1.29 is 14.3 Å². The number of benzene rings is 2. The molecular weight excluding hydrogens is 434 g/mol. The number of carbonyl (C=O) groups excluding carboxylic acids is 1. The summed E-state index contributed by atoms with van der Waals surface area (Å²) in [5.41, 5.74) is 2.56. The van der Waals surface area contributed by atoms with Gasteiger partial charge in [-0.05, 0) is 24.3 Å². The Morgan fingerprint density at radius 1 is 1.06 bits per heavy atom. The summed E-state index contributed by atoms with van der Waals surface area (Å²) in [5, 5.41) is 3.87. The monoisotopic (exact) mass is 457 g/mol. The van der Waals surface area contributed by atoms with Gasteiger partial charge in [-0.15, -0.1) is 11.3 Å². The molecule has 1 aliphatic heterocycles. The molecule has 1 fully saturated rings. The van der Waals surface area contributed by atoms with Crippen LogP contribution in [-0.4, -0.2) is 61.1 Å². The molecule has 1 amide bonds. The standard InChI is InChI=1S/C23H24ClN3O3S/c1-29-20-5-3-4-18(22(20)30-2)23(28)27-12-10-26(11-13-27)14-21-25-19(15-31-21)16-6-8-17(24)9-7-16/h3-9,15H,10-14H2,1-2H3. The molecule has 0 spiro atoms. The smallest absolute Gasteiger partial charge is 0.257 e. The van der Waals surface area contributed by atoms with E-state index in [-0.39, 0.29) is 5.91 Å². The maximum Gasteiger partial charge on any atom is 0.257 e. The third kappa shape index (κ3) is 4.84. The highest BCUT2D eigenvalue weighted by Gasteiger charge is 2.26. The van der Waals surface area contributed by atoms with E-state index in [9.17, 15) is 4.79 Å². The molecule has 0 saturated carbocycles. The van der Waals surface area contributed by atoms with Gasteiger partial charge in [-0.3, -0.25) is 9.69 Å². The minimum Gasteiger partial charge on any atom is -0.493 e. The zero-order valence-corrected chi connectivity index (χ0v) is 19.1. The Morgan fingerprint density at radius 2 is 1.81 bits per heavy atom. The number of nitrogens with zero attached hydrogens (tertiary/aromatic N) is 3. The van der Waals surface area contributed by atoms with Crippen LogP contribution < -0.4 is 9.47 Å². The molecule has 6 nitrogen and oxygen atoms in total. The van der Waals surface area contributed by atoms with Gasteiger partial charge in [0, 0.05) is 42.1 Å². The lowest BCUT2D eigenvalue weighted by molar-refractivity contribution is 0.0624. The molecule has 2 aromatic carbocycles. The van der Waals surface area contributed by atoms with Crippen molar-refractivity contribution in [2.45, 2.75) is 6.54 Å². The summed E-state index contributed by atoms with van der Waals surface area (Å²) in [6.45, 7) is 3.70. The lowest BCUT2D eigenvalue weighted by Gasteiger charge is -2.34. The first-order valence-electron chi connectivity index (χ1n) is 10.0. The maximum absolute atomic E-state index is 13.0. The molecule has 4 rings (SSSR count). The summed E-state index contributed by atoms with van der Waals surface area (Å²) in [6.07, 6.45) is 0. The van der Waals surface area contributed by atoms with Gasteiger partial charge < -0.3 is 14.4 Å². The molecule has 0 bridgehead atoms. The molecule has 1 aliphatic rings. The number of ether oxygens (including phenoxy) is 2. The molecule has 8 heteroatoms. The topological polar surface area (TPSA) is 54.9 Å². The first-order valence-corrected chi connectivity index (χ1v) is 11.3. The SMILES string of the molecule is COc1cccc(C(=O)N2CCN(Cc3nc(-c4ccc(Cl)cc4)cs3)CC2)c1OC. The van der Waals surface area contributed by atoms with Crippen LogP contribution in [-0.2, 0) is 6.54 Å². The normalized spacial score (nSPS) is 14.5. The van der Waals surface area contributed by atoms with E-state index in [2.05, 4.69) is 10.3 Å². The minimum atomic E-state index is -0.0327. The number of hydrogen-bond acceptors (Lipinski definition) is 6. The molecule has 1 saturated heterocycles. The quantitative estimate of drug-likeness (QED) is 0.547. The fraction of sp³-hybridized carbons (Fsp3) is 0.304. The Balaban J connectivity index is 1.36. The fourth-order valence-electron chi connectivity index (χ4n) is 3.66. The summed E-state index contributed by atoms with van der Waals surface area (Å²) in [6, 6.07) is 13.1. The second-order valence-corrected chi connectivity index (χ2v) is 8.62. The number of para-hydroxylation sites is 1. The Bertz CT molecular complexity index is 1050. The second-order valence-electron chi connectivity index (χ2n) is 7.24. The first kappa shape index (κ1) is 21.6. The largest absolute Gasteiger partial charge is 0.493 e. The van der Waals surface area contributed by atoms with Gasteiger partial charge in [0.2, 0.25) is 0 Å². The fourth-order valence-corrected chi connectivity index (χ4v) is 4.63. The third-order valence-electron chi connectivity index (χ3n) is 5.34. The van der Waals surface area contributed by atoms with Gasteiger partial charge in [0.25, 0.3) is 5.91 Å². The van der Waals surface area contributed by atoms with Crippen molar-refractivity contribution in [3.63, 3.8) is 0 Å². The molecular formula is C23H24ClN3O3S. The number of aromatic nitrogens is 1. The van der Waals surface area contributed by atoms with Gasteiger partial charge in [-0.1, -0.05) is 29.8 Å². The van der Waals surface area contributed by atoms with E-state index in [0.29, 0.717) is 30.2 Å². The number of thiazole rings is 1. The van der Waals surface area contributed by atoms with Gasteiger partial charge in [0.05, 0.1) is 32.0 Å². The molecule has 2 heterocycles. The van der Waals surface area contributed by atoms with Crippen LogP contribution in [0.4, 0.5) is 0 Å². The molecule has 0 N–H and O–H groups in total. The maximum atomic E-state index is 13.0. The van der Waals surface area contributed by atoms with Gasteiger partial charge in [0.1, 0.15) is 5.01 Å². The highest BCUT2D eigenvalue weighted by molar-refractivity contribution is 7.09. The molecule has 3 aromatic rings. The van der Waals surface area contributed by atoms with Crippen molar-refractivity contribution >= 4 is 28.8 Å². The predicted octanol–water partition coefficient (Wildman–Crippen LogP) is 4.44. The van der Waals surface area contributed by atoms with Gasteiger partial charge in [-0.2, -0.15) is 0 Å². The summed E-state index contributed by atoms with van der Waals surface area (Å²) in [5.74, 6) is 1.01. The number of piperazine rings is 1. The van der Waals surface area contributed by atoms with Gasteiger partial charge >= 0.3 is 0 Å². The Morgan fingerprint density at radius 3 is 2.48 bits per heavy atom. The molecule has 1 aromatic heterocycles. The van der Waals surface area contributed by atoms with E-state index in [4.69, 9.17) is 26.1 Å². The number of rotatable bonds is 6. The van der Waals surface area contributed by atoms with Gasteiger partial charge in [0.15, 0.2) is 11.5 Å². The number of hydrogen-bond donors (Lipinski definition) is 0. The predicted molar refractivity (Wildman–Crippen MR) is 123 cm³/mol. The second kappa shape index (κ2) is 9.68. The summed E-state index contributed by atoms with van der Waals surface area (Å²) in [7, 11) is 3.13. The number of methoxy groups -OCH3 is 2. The van der Waals surface area contributed by atoms with E-state index in [1.165, 1.54) is 0 Å². The van der Waals surface area contributed by atoms with Crippen LogP contribution in [0.1, 0.15) is 15.4 Å². The lowest BCUT2D eigenvalue weighted by atomic mass is 10.1. The number of halogens is 1. The Labute approximate surface area is 191 Å². The van der Waals surface area contributed by atoms with Crippen LogP contribution in [0, 0.1) is 0 Å². The summed E-state index contributed by atoms with van der Waals surface area (Å²) in [4.78, 5) is 22.0. The first-order chi connectivity index (χ1) is 15.1. The van der Waals surface area contributed by atoms with Crippen molar-refractivity contribution in [3.8, 4) is 22.8 Å². The van der Waals surface area contributed by atoms with Crippen molar-refractivity contribution in [2.75, 3.05) is 40.4 Å².